The maximum atomic E-state index is 6.30. The van der Waals surface area contributed by atoms with Crippen LogP contribution in [0.15, 0.2) is 18.2 Å². The summed E-state index contributed by atoms with van der Waals surface area (Å²) in [5.41, 5.74) is 7.26. The normalized spacial score (nSPS) is 26.6. The largest absolute Gasteiger partial charge is 0.487 e. The summed E-state index contributed by atoms with van der Waals surface area (Å²) >= 11 is 6.02. The molecule has 0 aromatic heterocycles. The van der Waals surface area contributed by atoms with Gasteiger partial charge in [-0.15, -0.1) is 0 Å². The molecule has 0 bridgehead atoms. The van der Waals surface area contributed by atoms with Gasteiger partial charge in [-0.2, -0.15) is 0 Å². The first-order chi connectivity index (χ1) is 8.60. The first-order valence-electron chi connectivity index (χ1n) is 6.84. The maximum Gasteiger partial charge on any atom is 0.125 e. The molecule has 2 atom stereocenters. The Labute approximate surface area is 114 Å². The number of fused-ring (bicyclic) bond motifs is 1. The van der Waals surface area contributed by atoms with E-state index in [-0.39, 0.29) is 11.6 Å². The number of ether oxygens (including phenoxy) is 1. The van der Waals surface area contributed by atoms with Crippen LogP contribution in [0.25, 0.3) is 0 Å². The Morgan fingerprint density at radius 1 is 1.44 bits per heavy atom. The lowest BCUT2D eigenvalue weighted by Crippen LogP contribution is -2.42. The Hall–Kier alpha value is -0.730. The van der Waals surface area contributed by atoms with Crippen LogP contribution in [0.4, 0.5) is 0 Å². The summed E-state index contributed by atoms with van der Waals surface area (Å²) in [7, 11) is 0. The van der Waals surface area contributed by atoms with E-state index in [1.807, 2.05) is 18.2 Å². The summed E-state index contributed by atoms with van der Waals surface area (Å²) in [5, 5.41) is 0.727. The molecule has 2 nitrogen and oxygen atoms in total. The maximum absolute atomic E-state index is 6.30. The Morgan fingerprint density at radius 3 is 2.89 bits per heavy atom. The van der Waals surface area contributed by atoms with Gasteiger partial charge < -0.3 is 10.5 Å². The van der Waals surface area contributed by atoms with Gasteiger partial charge in [-0.1, -0.05) is 31.9 Å². The van der Waals surface area contributed by atoms with Crippen LogP contribution in [0.3, 0.4) is 0 Å². The molecule has 1 aromatic carbocycles. The Morgan fingerprint density at radius 2 is 2.22 bits per heavy atom. The van der Waals surface area contributed by atoms with Gasteiger partial charge >= 0.3 is 0 Å². The Balaban J connectivity index is 2.27. The van der Waals surface area contributed by atoms with Crippen LogP contribution < -0.4 is 10.5 Å². The third kappa shape index (κ3) is 2.65. The second kappa shape index (κ2) is 5.50. The molecular weight excluding hydrogens is 246 g/mol. The quantitative estimate of drug-likeness (QED) is 0.874. The molecule has 1 aromatic rings. The standard InChI is InChI=1S/C15H22ClNO/c1-3-5-8-15(4-2)10-13(17)12-9-11(16)6-7-14(12)18-15/h6-7,9,13H,3-5,8,10,17H2,1-2H3/t13-,15?/m0/s1. The van der Waals surface area contributed by atoms with Crippen molar-refractivity contribution in [2.45, 2.75) is 57.6 Å². The molecule has 1 heterocycles. The van der Waals surface area contributed by atoms with Crippen molar-refractivity contribution < 1.29 is 4.74 Å². The van der Waals surface area contributed by atoms with Crippen molar-refractivity contribution in [2.75, 3.05) is 0 Å². The van der Waals surface area contributed by atoms with E-state index in [1.165, 1.54) is 12.8 Å². The number of hydrogen-bond donors (Lipinski definition) is 1. The van der Waals surface area contributed by atoms with Gasteiger partial charge in [-0.25, -0.2) is 0 Å². The topological polar surface area (TPSA) is 35.2 Å². The highest BCUT2D eigenvalue weighted by Gasteiger charge is 2.37. The summed E-state index contributed by atoms with van der Waals surface area (Å²) in [6.45, 7) is 4.39. The first-order valence-corrected chi connectivity index (χ1v) is 7.22. The van der Waals surface area contributed by atoms with E-state index in [9.17, 15) is 0 Å². The average molecular weight is 268 g/mol. The van der Waals surface area contributed by atoms with Gasteiger partial charge in [0.2, 0.25) is 0 Å². The highest BCUT2D eigenvalue weighted by molar-refractivity contribution is 6.30. The van der Waals surface area contributed by atoms with Gasteiger partial charge in [0.15, 0.2) is 0 Å². The van der Waals surface area contributed by atoms with Gasteiger partial charge in [0.1, 0.15) is 11.4 Å². The molecular formula is C15H22ClNO. The number of unbranched alkanes of at least 4 members (excludes halogenated alkanes) is 1. The Bertz CT molecular complexity index is 421. The smallest absolute Gasteiger partial charge is 0.125 e. The predicted octanol–water partition coefficient (Wildman–Crippen LogP) is 4.46. The molecule has 2 rings (SSSR count). The van der Waals surface area contributed by atoms with Gasteiger partial charge in [-0.3, -0.25) is 0 Å². The SMILES string of the molecule is CCCCC1(CC)C[C@H](N)c2cc(Cl)ccc2O1. The minimum absolute atomic E-state index is 0.0317. The molecule has 3 heteroatoms. The molecule has 0 amide bonds. The molecule has 0 radical (unpaired) electrons. The number of rotatable bonds is 4. The van der Waals surface area contributed by atoms with E-state index in [1.54, 1.807) is 0 Å². The monoisotopic (exact) mass is 267 g/mol. The second-order valence-electron chi connectivity index (χ2n) is 5.23. The van der Waals surface area contributed by atoms with Crippen molar-refractivity contribution in [3.05, 3.63) is 28.8 Å². The van der Waals surface area contributed by atoms with Gasteiger partial charge in [0, 0.05) is 23.0 Å². The van der Waals surface area contributed by atoms with Crippen LogP contribution in [0.1, 0.15) is 57.6 Å². The highest BCUT2D eigenvalue weighted by atomic mass is 35.5. The van der Waals surface area contributed by atoms with Crippen molar-refractivity contribution in [1.29, 1.82) is 0 Å². The molecule has 0 aliphatic carbocycles. The molecule has 0 saturated heterocycles. The second-order valence-corrected chi connectivity index (χ2v) is 5.67. The lowest BCUT2D eigenvalue weighted by Gasteiger charge is -2.41. The fraction of sp³-hybridized carbons (Fsp3) is 0.600. The molecule has 2 N–H and O–H groups in total. The third-order valence-corrected chi connectivity index (χ3v) is 4.16. The van der Waals surface area contributed by atoms with E-state index < -0.39 is 0 Å². The zero-order chi connectivity index (χ0) is 13.2. The van der Waals surface area contributed by atoms with Crippen LogP contribution in [0.5, 0.6) is 5.75 Å². The fourth-order valence-electron chi connectivity index (χ4n) is 2.73. The van der Waals surface area contributed by atoms with Crippen molar-refractivity contribution in [3.63, 3.8) is 0 Å². The molecule has 1 aliphatic heterocycles. The van der Waals surface area contributed by atoms with E-state index in [4.69, 9.17) is 22.1 Å². The minimum Gasteiger partial charge on any atom is -0.487 e. The summed E-state index contributed by atoms with van der Waals surface area (Å²) in [6, 6.07) is 5.79. The van der Waals surface area contributed by atoms with Crippen LogP contribution >= 0.6 is 11.6 Å². The molecule has 0 saturated carbocycles. The fourth-order valence-corrected chi connectivity index (χ4v) is 2.91. The lowest BCUT2D eigenvalue weighted by molar-refractivity contribution is 0.0217. The van der Waals surface area contributed by atoms with E-state index in [2.05, 4.69) is 13.8 Å². The van der Waals surface area contributed by atoms with Crippen LogP contribution in [-0.2, 0) is 0 Å². The molecule has 18 heavy (non-hydrogen) atoms. The number of hydrogen-bond acceptors (Lipinski definition) is 2. The van der Waals surface area contributed by atoms with Crippen molar-refractivity contribution in [2.24, 2.45) is 5.73 Å². The average Bonchev–Trinajstić information content (AvgIpc) is 2.37. The summed E-state index contributed by atoms with van der Waals surface area (Å²) in [6.07, 6.45) is 5.34. The molecule has 100 valence electrons. The summed E-state index contributed by atoms with van der Waals surface area (Å²) in [5.74, 6) is 0.913. The number of benzene rings is 1. The number of nitrogens with two attached hydrogens (primary N) is 1. The van der Waals surface area contributed by atoms with Gasteiger partial charge in [-0.05, 0) is 37.5 Å². The van der Waals surface area contributed by atoms with E-state index in [0.29, 0.717) is 0 Å². The van der Waals surface area contributed by atoms with Crippen LogP contribution in [-0.4, -0.2) is 5.60 Å². The highest BCUT2D eigenvalue weighted by Crippen LogP contribution is 2.43. The minimum atomic E-state index is -0.0870. The first kappa shape index (κ1) is 13.7. The van der Waals surface area contributed by atoms with Crippen molar-refractivity contribution in [1.82, 2.24) is 0 Å². The summed E-state index contributed by atoms with van der Waals surface area (Å²) in [4.78, 5) is 0. The van der Waals surface area contributed by atoms with Crippen molar-refractivity contribution >= 4 is 11.6 Å². The number of halogens is 1. The summed E-state index contributed by atoms with van der Waals surface area (Å²) < 4.78 is 6.26. The molecule has 1 aliphatic rings. The molecule has 1 unspecified atom stereocenters. The third-order valence-electron chi connectivity index (χ3n) is 3.92. The zero-order valence-corrected chi connectivity index (χ0v) is 12.0. The lowest BCUT2D eigenvalue weighted by atomic mass is 9.82. The van der Waals surface area contributed by atoms with Gasteiger partial charge in [0.25, 0.3) is 0 Å². The zero-order valence-electron chi connectivity index (χ0n) is 11.2. The van der Waals surface area contributed by atoms with E-state index >= 15 is 0 Å². The van der Waals surface area contributed by atoms with Crippen LogP contribution in [0.2, 0.25) is 5.02 Å². The Kier molecular flexibility index (Phi) is 4.18. The molecule has 0 spiro atoms. The predicted molar refractivity (Wildman–Crippen MR) is 76.2 cm³/mol. The molecule has 0 fully saturated rings. The van der Waals surface area contributed by atoms with E-state index in [0.717, 1.165) is 35.6 Å². The van der Waals surface area contributed by atoms with Crippen molar-refractivity contribution in [3.8, 4) is 5.75 Å². The van der Waals surface area contributed by atoms with Crippen LogP contribution in [0, 0.1) is 0 Å². The van der Waals surface area contributed by atoms with Gasteiger partial charge in [0.05, 0.1) is 0 Å².